The lowest BCUT2D eigenvalue weighted by atomic mass is 9.88. The van der Waals surface area contributed by atoms with Crippen LogP contribution in [-0.4, -0.2) is 0 Å². The first kappa shape index (κ1) is 27.6. The molecule has 0 saturated heterocycles. The molecule has 28 heavy (non-hydrogen) atoms. The molecule has 2 atom stereocenters. The summed E-state index contributed by atoms with van der Waals surface area (Å²) < 4.78 is 0. The first-order valence-corrected chi connectivity index (χ1v) is 13.2. The zero-order chi connectivity index (χ0) is 20.7. The molecule has 0 aliphatic rings. The lowest BCUT2D eigenvalue weighted by molar-refractivity contribution is 0.351. The van der Waals surface area contributed by atoms with Gasteiger partial charge in [-0.3, -0.25) is 0 Å². The van der Waals surface area contributed by atoms with Crippen molar-refractivity contribution in [2.75, 3.05) is 0 Å². The molecule has 0 aromatic carbocycles. The number of hydrogen-bond donors (Lipinski definition) is 0. The van der Waals surface area contributed by atoms with Gasteiger partial charge in [-0.05, 0) is 25.2 Å². The second-order valence-corrected chi connectivity index (χ2v) is 9.12. The van der Waals surface area contributed by atoms with Crippen molar-refractivity contribution in [3.05, 3.63) is 0 Å². The predicted molar refractivity (Wildman–Crippen MR) is 130 cm³/mol. The quantitative estimate of drug-likeness (QED) is 0.135. The van der Waals surface area contributed by atoms with E-state index in [2.05, 4.69) is 32.6 Å². The second kappa shape index (κ2) is 22.8. The first-order chi connectivity index (χ1) is 13.8. The van der Waals surface area contributed by atoms with E-state index in [4.69, 9.17) is 0 Å². The van der Waals surface area contributed by atoms with Gasteiger partial charge in [0.05, 0.1) is 0 Å². The highest BCUT2D eigenvalue weighted by Gasteiger charge is 2.10. The van der Waals surface area contributed by atoms with Gasteiger partial charge in [0.1, 0.15) is 0 Å². The molecule has 0 heterocycles. The van der Waals surface area contributed by atoms with Crippen LogP contribution in [0.1, 0.15) is 156 Å². The van der Waals surface area contributed by atoms with E-state index in [-0.39, 0.29) is 0 Å². The van der Waals surface area contributed by atoms with Crippen LogP contribution in [0.15, 0.2) is 0 Å². The van der Waals surface area contributed by atoms with Crippen LogP contribution in [0.2, 0.25) is 0 Å². The highest BCUT2D eigenvalue weighted by molar-refractivity contribution is 4.94. The maximum atomic E-state index is 3.17. The summed E-state index contributed by atoms with van der Waals surface area (Å²) in [6.45, 7) is 9.07. The molecule has 0 nitrogen and oxygen atoms in total. The van der Waals surface area contributed by atoms with E-state index in [9.17, 15) is 0 Å². The molecule has 2 unspecified atom stereocenters. The molecule has 0 aliphatic heterocycles. The Kier molecular flexibility index (Phi) is 22.5. The number of unbranched alkanes of at least 4 members (excludes halogenated alkanes) is 11. The fourth-order valence-electron chi connectivity index (χ4n) is 4.49. The average molecular weight is 391 g/mol. The fourth-order valence-corrected chi connectivity index (χ4v) is 4.49. The van der Waals surface area contributed by atoms with Gasteiger partial charge in [0.15, 0.2) is 0 Å². The molecular weight excluding hydrogens is 336 g/mol. The van der Waals surface area contributed by atoms with Crippen LogP contribution in [0, 0.1) is 23.7 Å². The molecule has 0 aliphatic carbocycles. The van der Waals surface area contributed by atoms with Crippen molar-refractivity contribution in [1.82, 2.24) is 0 Å². The van der Waals surface area contributed by atoms with Gasteiger partial charge in [0.2, 0.25) is 0 Å². The summed E-state index contributed by atoms with van der Waals surface area (Å²) in [5, 5.41) is 0. The molecule has 0 spiro atoms. The van der Waals surface area contributed by atoms with Crippen molar-refractivity contribution in [2.24, 2.45) is 11.8 Å². The zero-order valence-corrected chi connectivity index (χ0v) is 20.3. The summed E-state index contributed by atoms with van der Waals surface area (Å²) in [6.07, 6.45) is 28.4. The summed E-state index contributed by atoms with van der Waals surface area (Å²) in [5.74, 6) is 8.16. The molecule has 0 bridgehead atoms. The summed E-state index contributed by atoms with van der Waals surface area (Å²) in [6, 6.07) is 0. The van der Waals surface area contributed by atoms with E-state index in [1.165, 1.54) is 122 Å². The molecule has 0 radical (unpaired) electrons. The van der Waals surface area contributed by atoms with E-state index in [0.717, 1.165) is 18.3 Å². The summed E-state index contributed by atoms with van der Waals surface area (Å²) >= 11 is 0. The van der Waals surface area contributed by atoms with Crippen molar-refractivity contribution in [1.29, 1.82) is 0 Å². The van der Waals surface area contributed by atoms with Gasteiger partial charge >= 0.3 is 0 Å². The van der Waals surface area contributed by atoms with Crippen LogP contribution >= 0.6 is 0 Å². The molecule has 0 aromatic rings. The van der Waals surface area contributed by atoms with E-state index in [1.54, 1.807) is 0 Å². The Labute approximate surface area is 180 Å². The average Bonchev–Trinajstić information content (AvgIpc) is 2.72. The SMILES string of the molecule is CC#CCCCCCCCCCCCC(CC)CCCC(CC)CCCCC. The molecule has 0 rings (SSSR count). The fraction of sp³-hybridized carbons (Fsp3) is 0.929. The largest absolute Gasteiger partial charge is 0.107 e. The summed E-state index contributed by atoms with van der Waals surface area (Å²) in [5.41, 5.74) is 0. The van der Waals surface area contributed by atoms with E-state index >= 15 is 0 Å². The van der Waals surface area contributed by atoms with Crippen molar-refractivity contribution >= 4 is 0 Å². The van der Waals surface area contributed by atoms with Crippen molar-refractivity contribution < 1.29 is 0 Å². The molecule has 166 valence electrons. The third-order valence-corrected chi connectivity index (χ3v) is 6.69. The minimum atomic E-state index is 0.999. The summed E-state index contributed by atoms with van der Waals surface area (Å²) in [4.78, 5) is 0. The smallest absolute Gasteiger partial charge is 0.00885 e. The predicted octanol–water partition coefficient (Wildman–Crippen LogP) is 10.1. The maximum Gasteiger partial charge on any atom is 0.00885 e. The minimum absolute atomic E-state index is 0.999. The molecule has 0 heteroatoms. The number of hydrogen-bond acceptors (Lipinski definition) is 0. The highest BCUT2D eigenvalue weighted by atomic mass is 14.2. The van der Waals surface area contributed by atoms with Gasteiger partial charge in [-0.25, -0.2) is 0 Å². The van der Waals surface area contributed by atoms with Gasteiger partial charge in [-0.1, -0.05) is 136 Å². The second-order valence-electron chi connectivity index (χ2n) is 9.12. The Morgan fingerprint density at radius 1 is 0.500 bits per heavy atom. The van der Waals surface area contributed by atoms with Gasteiger partial charge in [0, 0.05) is 6.42 Å². The Hall–Kier alpha value is -0.440. The Balaban J connectivity index is 3.50. The lowest BCUT2D eigenvalue weighted by Crippen LogP contribution is -2.03. The van der Waals surface area contributed by atoms with E-state index in [0.29, 0.717) is 0 Å². The van der Waals surface area contributed by atoms with Crippen LogP contribution in [0.5, 0.6) is 0 Å². The van der Waals surface area contributed by atoms with E-state index in [1.807, 2.05) is 6.92 Å². The standard InChI is InChI=1S/C28H54/c1-5-9-11-12-13-14-15-16-17-18-19-21-24-28(8-4)26-22-25-27(7-3)23-20-10-6-2/h27-28H,6-8,10-26H2,1-4H3. The molecule has 0 aromatic heterocycles. The van der Waals surface area contributed by atoms with Gasteiger partial charge in [0.25, 0.3) is 0 Å². The van der Waals surface area contributed by atoms with Crippen LogP contribution in [-0.2, 0) is 0 Å². The van der Waals surface area contributed by atoms with Crippen LogP contribution < -0.4 is 0 Å². The molecule has 0 N–H and O–H groups in total. The van der Waals surface area contributed by atoms with Crippen LogP contribution in [0.3, 0.4) is 0 Å². The Morgan fingerprint density at radius 2 is 0.929 bits per heavy atom. The summed E-state index contributed by atoms with van der Waals surface area (Å²) in [7, 11) is 0. The first-order valence-electron chi connectivity index (χ1n) is 13.2. The van der Waals surface area contributed by atoms with Gasteiger partial charge in [-0.15, -0.1) is 11.8 Å². The van der Waals surface area contributed by atoms with Gasteiger partial charge < -0.3 is 0 Å². The third-order valence-electron chi connectivity index (χ3n) is 6.69. The molecule has 0 fully saturated rings. The molecule has 0 amide bonds. The Bertz CT molecular complexity index is 345. The van der Waals surface area contributed by atoms with E-state index < -0.39 is 0 Å². The monoisotopic (exact) mass is 390 g/mol. The Morgan fingerprint density at radius 3 is 1.39 bits per heavy atom. The third kappa shape index (κ3) is 18.9. The zero-order valence-electron chi connectivity index (χ0n) is 20.3. The normalized spacial score (nSPS) is 13.1. The van der Waals surface area contributed by atoms with Crippen LogP contribution in [0.25, 0.3) is 0 Å². The highest BCUT2D eigenvalue weighted by Crippen LogP contribution is 2.25. The van der Waals surface area contributed by atoms with Crippen molar-refractivity contribution in [3.8, 4) is 11.8 Å². The molecular formula is C28H54. The number of rotatable bonds is 21. The van der Waals surface area contributed by atoms with Crippen LogP contribution in [0.4, 0.5) is 0 Å². The van der Waals surface area contributed by atoms with Crippen molar-refractivity contribution in [3.63, 3.8) is 0 Å². The van der Waals surface area contributed by atoms with Gasteiger partial charge in [-0.2, -0.15) is 0 Å². The lowest BCUT2D eigenvalue weighted by Gasteiger charge is -2.18. The maximum absolute atomic E-state index is 3.17. The van der Waals surface area contributed by atoms with Crippen molar-refractivity contribution in [2.45, 2.75) is 156 Å². The minimum Gasteiger partial charge on any atom is -0.107 e. The topological polar surface area (TPSA) is 0 Å². The molecule has 0 saturated carbocycles.